The molecule has 3 N–H and O–H groups in total. The van der Waals surface area contributed by atoms with E-state index in [1.807, 2.05) is 48.5 Å². The first-order chi connectivity index (χ1) is 18.8. The minimum atomic E-state index is -4.50. The zero-order chi connectivity index (χ0) is 27.9. The molecule has 0 aliphatic heterocycles. The maximum atomic E-state index is 13.5. The summed E-state index contributed by atoms with van der Waals surface area (Å²) in [5.41, 5.74) is 2.45. The van der Waals surface area contributed by atoms with E-state index in [4.69, 9.17) is 11.6 Å². The van der Waals surface area contributed by atoms with E-state index in [2.05, 4.69) is 20.6 Å². The number of H-pyrrole nitrogens is 1. The lowest BCUT2D eigenvalue weighted by Gasteiger charge is -2.31. The first-order valence-corrected chi connectivity index (χ1v) is 14.3. The highest BCUT2D eigenvalue weighted by Gasteiger charge is 2.49. The monoisotopic (exact) mass is 578 g/mol. The maximum absolute atomic E-state index is 13.5. The molecular formula is C28H30ClF3N4O2S. The molecule has 0 unspecified atom stereocenters. The van der Waals surface area contributed by atoms with Crippen LogP contribution in [0.1, 0.15) is 53.7 Å². The van der Waals surface area contributed by atoms with Gasteiger partial charge in [-0.1, -0.05) is 73.1 Å². The smallest absolute Gasteiger partial charge is 0.351 e. The number of carbonyl (C=O) groups excluding carboxylic acids is 2. The van der Waals surface area contributed by atoms with E-state index in [9.17, 15) is 22.8 Å². The normalized spacial score (nSPS) is 13.5. The standard InChI is InChI=1S/C28H30ClF3N4O2S/c29-14-8-15-33-24(37)23-17-34-26(36-23)39-16-7-1-6-13-27(25(38)35-18-28(30,31)32)21-11-4-2-9-19(21)20-10-3-5-12-22(20)27/h2-5,9-12,17H,1,6-8,13-16,18H2,(H,33,37)(H,34,36)(H,35,38). The SMILES string of the molecule is O=C(NCCCCl)c1cnc(SCCCCCC2(C(=O)NCC(F)(F)F)c3ccccc3-c3ccccc32)[nH]1. The molecular weight excluding hydrogens is 549 g/mol. The lowest BCUT2D eigenvalue weighted by Crippen LogP contribution is -2.47. The van der Waals surface area contributed by atoms with Gasteiger partial charge in [-0.2, -0.15) is 13.2 Å². The van der Waals surface area contributed by atoms with Gasteiger partial charge in [-0.15, -0.1) is 11.6 Å². The fourth-order valence-electron chi connectivity index (χ4n) is 4.98. The second-order valence-corrected chi connectivity index (χ2v) is 10.8. The summed E-state index contributed by atoms with van der Waals surface area (Å²) in [7, 11) is 0. The molecule has 2 amide bonds. The van der Waals surface area contributed by atoms with Crippen molar-refractivity contribution in [2.45, 2.75) is 48.9 Å². The van der Waals surface area contributed by atoms with E-state index in [1.165, 1.54) is 18.0 Å². The Balaban J connectivity index is 1.39. The number of fused-ring (bicyclic) bond motifs is 3. The van der Waals surface area contributed by atoms with Crippen LogP contribution in [-0.2, 0) is 10.2 Å². The molecule has 39 heavy (non-hydrogen) atoms. The highest BCUT2D eigenvalue weighted by atomic mass is 35.5. The van der Waals surface area contributed by atoms with E-state index < -0.39 is 24.0 Å². The van der Waals surface area contributed by atoms with Gasteiger partial charge < -0.3 is 15.6 Å². The van der Waals surface area contributed by atoms with Crippen molar-refractivity contribution < 1.29 is 22.8 Å². The summed E-state index contributed by atoms with van der Waals surface area (Å²) >= 11 is 7.12. The van der Waals surface area contributed by atoms with Crippen molar-refractivity contribution in [2.24, 2.45) is 0 Å². The molecule has 1 aliphatic rings. The van der Waals surface area contributed by atoms with Crippen LogP contribution in [-0.4, -0.2) is 52.7 Å². The van der Waals surface area contributed by atoms with E-state index >= 15 is 0 Å². The number of amides is 2. The molecule has 1 aliphatic carbocycles. The minimum absolute atomic E-state index is 0.231. The van der Waals surface area contributed by atoms with Gasteiger partial charge in [-0.3, -0.25) is 9.59 Å². The van der Waals surface area contributed by atoms with E-state index in [-0.39, 0.29) is 5.91 Å². The Morgan fingerprint density at radius 3 is 2.26 bits per heavy atom. The van der Waals surface area contributed by atoms with Gasteiger partial charge in [0.15, 0.2) is 5.16 Å². The van der Waals surface area contributed by atoms with Gasteiger partial charge in [0.1, 0.15) is 17.7 Å². The van der Waals surface area contributed by atoms with Crippen LogP contribution in [0.3, 0.4) is 0 Å². The molecule has 3 aromatic rings. The van der Waals surface area contributed by atoms with Crippen LogP contribution in [0.25, 0.3) is 11.1 Å². The fraction of sp³-hybridized carbons (Fsp3) is 0.393. The van der Waals surface area contributed by atoms with Crippen molar-refractivity contribution in [3.05, 3.63) is 71.5 Å². The number of hydrogen-bond donors (Lipinski definition) is 3. The first kappa shape index (κ1) is 29.0. The van der Waals surface area contributed by atoms with Crippen LogP contribution in [0.15, 0.2) is 59.9 Å². The van der Waals surface area contributed by atoms with Crippen LogP contribution in [0, 0.1) is 0 Å². The van der Waals surface area contributed by atoms with Gasteiger partial charge >= 0.3 is 6.18 Å². The summed E-state index contributed by atoms with van der Waals surface area (Å²) in [5, 5.41) is 5.58. The average molecular weight is 579 g/mol. The molecule has 1 heterocycles. The van der Waals surface area contributed by atoms with Crippen molar-refractivity contribution in [2.75, 3.05) is 24.7 Å². The molecule has 0 spiro atoms. The van der Waals surface area contributed by atoms with Crippen molar-refractivity contribution in [1.82, 2.24) is 20.6 Å². The fourth-order valence-corrected chi connectivity index (χ4v) is 5.96. The largest absolute Gasteiger partial charge is 0.405 e. The summed E-state index contributed by atoms with van der Waals surface area (Å²) in [5.74, 6) is 0.356. The Labute approximate surface area is 234 Å². The number of imidazole rings is 1. The Kier molecular flexibility index (Phi) is 9.61. The van der Waals surface area contributed by atoms with E-state index in [1.54, 1.807) is 0 Å². The summed E-state index contributed by atoms with van der Waals surface area (Å²) < 4.78 is 39.0. The topological polar surface area (TPSA) is 86.9 Å². The molecule has 0 atom stereocenters. The number of hydrogen-bond acceptors (Lipinski definition) is 4. The molecule has 4 rings (SSSR count). The summed E-state index contributed by atoms with van der Waals surface area (Å²) in [6, 6.07) is 14.9. The lowest BCUT2D eigenvalue weighted by atomic mass is 9.73. The van der Waals surface area contributed by atoms with Gasteiger partial charge in [-0.25, -0.2) is 4.98 Å². The number of benzene rings is 2. The molecule has 0 saturated heterocycles. The highest BCUT2D eigenvalue weighted by Crippen LogP contribution is 2.51. The molecule has 0 fully saturated rings. The number of aromatic amines is 1. The van der Waals surface area contributed by atoms with Crippen LogP contribution in [0.4, 0.5) is 13.2 Å². The molecule has 11 heteroatoms. The molecule has 0 bridgehead atoms. The minimum Gasteiger partial charge on any atom is -0.351 e. The summed E-state index contributed by atoms with van der Waals surface area (Å²) in [6.45, 7) is -0.876. The third kappa shape index (κ3) is 6.78. The Hall–Kier alpha value is -2.98. The Bertz CT molecular complexity index is 1250. The van der Waals surface area contributed by atoms with Crippen molar-refractivity contribution in [3.63, 3.8) is 0 Å². The van der Waals surface area contributed by atoms with E-state index in [0.29, 0.717) is 42.5 Å². The lowest BCUT2D eigenvalue weighted by molar-refractivity contribution is -0.141. The predicted molar refractivity (Wildman–Crippen MR) is 147 cm³/mol. The number of alkyl halides is 4. The zero-order valence-corrected chi connectivity index (χ0v) is 22.8. The predicted octanol–water partition coefficient (Wildman–Crippen LogP) is 6.07. The number of thioether (sulfide) groups is 1. The third-order valence-corrected chi connectivity index (χ3v) is 7.97. The van der Waals surface area contributed by atoms with Crippen molar-refractivity contribution in [1.29, 1.82) is 0 Å². The molecule has 208 valence electrons. The number of rotatable bonds is 13. The van der Waals surface area contributed by atoms with Gasteiger partial charge in [0, 0.05) is 18.2 Å². The summed E-state index contributed by atoms with van der Waals surface area (Å²) in [6.07, 6.45) is 0.312. The molecule has 0 radical (unpaired) electrons. The molecule has 0 saturated carbocycles. The summed E-state index contributed by atoms with van der Waals surface area (Å²) in [4.78, 5) is 32.9. The second-order valence-electron chi connectivity index (χ2n) is 9.35. The molecule has 1 aromatic heterocycles. The number of unbranched alkanes of at least 4 members (excludes halogenated alkanes) is 2. The van der Waals surface area contributed by atoms with E-state index in [0.717, 1.165) is 40.8 Å². The van der Waals surface area contributed by atoms with Gasteiger partial charge in [-0.05, 0) is 41.5 Å². The van der Waals surface area contributed by atoms with Gasteiger partial charge in [0.25, 0.3) is 5.91 Å². The van der Waals surface area contributed by atoms with Crippen LogP contribution < -0.4 is 10.6 Å². The third-order valence-electron chi connectivity index (χ3n) is 6.73. The van der Waals surface area contributed by atoms with Crippen LogP contribution in [0.2, 0.25) is 0 Å². The highest BCUT2D eigenvalue weighted by molar-refractivity contribution is 7.99. The quantitative estimate of drug-likeness (QED) is 0.131. The number of aromatic nitrogens is 2. The average Bonchev–Trinajstić information content (AvgIpc) is 3.51. The molecule has 2 aromatic carbocycles. The Morgan fingerprint density at radius 1 is 0.949 bits per heavy atom. The number of nitrogens with one attached hydrogen (secondary N) is 3. The van der Waals surface area contributed by atoms with Crippen LogP contribution >= 0.6 is 23.4 Å². The van der Waals surface area contributed by atoms with Crippen molar-refractivity contribution in [3.8, 4) is 11.1 Å². The van der Waals surface area contributed by atoms with Crippen molar-refractivity contribution >= 4 is 35.2 Å². The molecule has 6 nitrogen and oxygen atoms in total. The number of nitrogens with zero attached hydrogens (tertiary/aromatic N) is 1. The number of carbonyl (C=O) groups is 2. The second kappa shape index (κ2) is 12.9. The Morgan fingerprint density at radius 2 is 1.62 bits per heavy atom. The van der Waals surface area contributed by atoms with Gasteiger partial charge in [0.05, 0.1) is 6.20 Å². The van der Waals surface area contributed by atoms with Gasteiger partial charge in [0.2, 0.25) is 5.91 Å². The number of halogens is 4. The van der Waals surface area contributed by atoms with Crippen LogP contribution in [0.5, 0.6) is 0 Å². The zero-order valence-electron chi connectivity index (χ0n) is 21.2. The maximum Gasteiger partial charge on any atom is 0.405 e. The first-order valence-electron chi connectivity index (χ1n) is 12.8.